The van der Waals surface area contributed by atoms with Crippen LogP contribution in [0.25, 0.3) is 0 Å². The Bertz CT molecular complexity index is 314. The van der Waals surface area contributed by atoms with Crippen LogP contribution in [-0.4, -0.2) is 47.4 Å². The summed E-state index contributed by atoms with van der Waals surface area (Å²) in [6, 6.07) is 0. The van der Waals surface area contributed by atoms with E-state index in [1.165, 1.54) is 0 Å². The zero-order valence-corrected chi connectivity index (χ0v) is 10.6. The van der Waals surface area contributed by atoms with Crippen LogP contribution in [0.2, 0.25) is 0 Å². The number of hydrogen-bond donors (Lipinski definition) is 2. The Morgan fingerprint density at radius 1 is 1.39 bits per heavy atom. The minimum Gasteiger partial charge on any atom is -0.396 e. The molecule has 0 aromatic heterocycles. The number of nitrogens with zero attached hydrogens (tertiary/aromatic N) is 1. The van der Waals surface area contributed by atoms with Crippen molar-refractivity contribution in [3.05, 3.63) is 0 Å². The van der Waals surface area contributed by atoms with E-state index in [2.05, 4.69) is 5.32 Å². The average Bonchev–Trinajstić information content (AvgIpc) is 2.64. The van der Waals surface area contributed by atoms with Gasteiger partial charge in [0.2, 0.25) is 17.7 Å². The number of nitrogens with one attached hydrogen (secondary N) is 1. The number of aliphatic hydroxyl groups excluding tert-OH is 1. The van der Waals surface area contributed by atoms with Crippen LogP contribution in [0.1, 0.15) is 32.6 Å². The third-order valence-corrected chi connectivity index (χ3v) is 2.99. The first kappa shape index (κ1) is 14.6. The summed E-state index contributed by atoms with van der Waals surface area (Å²) < 4.78 is 0. The second-order valence-corrected chi connectivity index (χ2v) is 4.61. The summed E-state index contributed by atoms with van der Waals surface area (Å²) in [7, 11) is 0. The molecule has 1 aliphatic rings. The van der Waals surface area contributed by atoms with Crippen molar-refractivity contribution in [1.29, 1.82) is 0 Å². The van der Waals surface area contributed by atoms with Gasteiger partial charge in [-0.3, -0.25) is 19.3 Å². The fourth-order valence-electron chi connectivity index (χ4n) is 1.78. The summed E-state index contributed by atoms with van der Waals surface area (Å²) in [6.07, 6.45) is 1.30. The molecule has 0 saturated carbocycles. The number of hydrogen-bond acceptors (Lipinski definition) is 4. The molecule has 102 valence electrons. The largest absolute Gasteiger partial charge is 0.396 e. The first-order valence-corrected chi connectivity index (χ1v) is 6.25. The lowest BCUT2D eigenvalue weighted by Gasteiger charge is -2.14. The monoisotopic (exact) mass is 256 g/mol. The van der Waals surface area contributed by atoms with Gasteiger partial charge >= 0.3 is 0 Å². The van der Waals surface area contributed by atoms with Crippen LogP contribution >= 0.6 is 0 Å². The zero-order chi connectivity index (χ0) is 13.5. The molecule has 0 bridgehead atoms. The van der Waals surface area contributed by atoms with E-state index in [1.54, 1.807) is 0 Å². The van der Waals surface area contributed by atoms with Gasteiger partial charge in [0.25, 0.3) is 0 Å². The van der Waals surface area contributed by atoms with E-state index < -0.39 is 0 Å². The highest BCUT2D eigenvalue weighted by Gasteiger charge is 2.28. The Labute approximate surface area is 106 Å². The molecular weight excluding hydrogens is 236 g/mol. The van der Waals surface area contributed by atoms with Crippen molar-refractivity contribution in [2.45, 2.75) is 32.6 Å². The van der Waals surface area contributed by atoms with Crippen molar-refractivity contribution < 1.29 is 19.5 Å². The van der Waals surface area contributed by atoms with Crippen LogP contribution in [0.3, 0.4) is 0 Å². The fraction of sp³-hybridized carbons (Fsp3) is 0.750. The first-order chi connectivity index (χ1) is 8.54. The van der Waals surface area contributed by atoms with E-state index in [0.717, 1.165) is 4.90 Å². The van der Waals surface area contributed by atoms with Crippen molar-refractivity contribution in [2.24, 2.45) is 5.92 Å². The van der Waals surface area contributed by atoms with Gasteiger partial charge in [-0.05, 0) is 12.3 Å². The van der Waals surface area contributed by atoms with Gasteiger partial charge in [0.15, 0.2) is 0 Å². The van der Waals surface area contributed by atoms with Gasteiger partial charge < -0.3 is 10.4 Å². The van der Waals surface area contributed by atoms with Crippen molar-refractivity contribution in [3.63, 3.8) is 0 Å². The minimum atomic E-state index is -0.193. The van der Waals surface area contributed by atoms with Gasteiger partial charge in [-0.15, -0.1) is 0 Å². The van der Waals surface area contributed by atoms with Gasteiger partial charge in [0.05, 0.1) is 0 Å². The van der Waals surface area contributed by atoms with Gasteiger partial charge in [-0.1, -0.05) is 6.92 Å². The molecule has 6 heteroatoms. The van der Waals surface area contributed by atoms with Gasteiger partial charge in [-0.25, -0.2) is 0 Å². The normalized spacial score (nSPS) is 17.1. The molecule has 0 aromatic rings. The average molecular weight is 256 g/mol. The summed E-state index contributed by atoms with van der Waals surface area (Å²) in [5.41, 5.74) is 0. The van der Waals surface area contributed by atoms with E-state index in [9.17, 15) is 14.4 Å². The Hall–Kier alpha value is -1.43. The molecule has 0 aliphatic carbocycles. The molecule has 1 heterocycles. The van der Waals surface area contributed by atoms with Crippen molar-refractivity contribution in [1.82, 2.24) is 10.2 Å². The SMILES string of the molecule is CC(CCO)CNC(=O)CCN1C(=O)CCC1=O. The summed E-state index contributed by atoms with van der Waals surface area (Å²) >= 11 is 0. The van der Waals surface area contributed by atoms with Crippen LogP contribution in [0.15, 0.2) is 0 Å². The standard InChI is InChI=1S/C12H20N2O4/c1-9(5-7-15)8-13-10(16)4-6-14-11(17)2-3-12(14)18/h9,15H,2-8H2,1H3,(H,13,16). The third-order valence-electron chi connectivity index (χ3n) is 2.99. The molecule has 1 fully saturated rings. The minimum absolute atomic E-state index is 0.105. The summed E-state index contributed by atoms with van der Waals surface area (Å²) in [5, 5.41) is 11.4. The number of carbonyl (C=O) groups is 3. The highest BCUT2D eigenvalue weighted by Crippen LogP contribution is 2.11. The summed E-state index contributed by atoms with van der Waals surface area (Å²) in [5.74, 6) is -0.343. The molecule has 1 saturated heterocycles. The molecule has 1 atom stereocenters. The second kappa shape index (κ2) is 7.10. The second-order valence-electron chi connectivity index (χ2n) is 4.61. The van der Waals surface area contributed by atoms with E-state index >= 15 is 0 Å². The molecule has 1 rings (SSSR count). The first-order valence-electron chi connectivity index (χ1n) is 6.25. The number of carbonyl (C=O) groups excluding carboxylic acids is 3. The van der Waals surface area contributed by atoms with Crippen LogP contribution in [0.5, 0.6) is 0 Å². The summed E-state index contributed by atoms with van der Waals surface area (Å²) in [6.45, 7) is 2.71. The number of imide groups is 1. The Morgan fingerprint density at radius 2 is 2.00 bits per heavy atom. The number of amides is 3. The predicted molar refractivity (Wildman–Crippen MR) is 64.4 cm³/mol. The molecular formula is C12H20N2O4. The third kappa shape index (κ3) is 4.44. The Morgan fingerprint density at radius 3 is 2.56 bits per heavy atom. The van der Waals surface area contributed by atoms with Gasteiger partial charge in [0, 0.05) is 39.0 Å². The highest BCUT2D eigenvalue weighted by atomic mass is 16.3. The predicted octanol–water partition coefficient (Wildman–Crippen LogP) is -0.340. The van der Waals surface area contributed by atoms with E-state index in [1.807, 2.05) is 6.92 Å². The maximum absolute atomic E-state index is 11.5. The van der Waals surface area contributed by atoms with E-state index in [-0.39, 0.29) is 56.1 Å². The number of likely N-dealkylation sites (tertiary alicyclic amines) is 1. The van der Waals surface area contributed by atoms with Gasteiger partial charge in [-0.2, -0.15) is 0 Å². The van der Waals surface area contributed by atoms with Crippen LogP contribution in [0, 0.1) is 5.92 Å². The van der Waals surface area contributed by atoms with Crippen molar-refractivity contribution in [2.75, 3.05) is 19.7 Å². The molecule has 0 aromatic carbocycles. The molecule has 0 spiro atoms. The lowest BCUT2D eigenvalue weighted by molar-refractivity contribution is -0.138. The molecule has 3 amide bonds. The van der Waals surface area contributed by atoms with Crippen molar-refractivity contribution >= 4 is 17.7 Å². The molecule has 18 heavy (non-hydrogen) atoms. The molecule has 2 N–H and O–H groups in total. The molecule has 0 radical (unpaired) electrons. The van der Waals surface area contributed by atoms with Crippen LogP contribution in [-0.2, 0) is 14.4 Å². The maximum Gasteiger partial charge on any atom is 0.229 e. The highest BCUT2D eigenvalue weighted by molar-refractivity contribution is 6.02. The summed E-state index contributed by atoms with van der Waals surface area (Å²) in [4.78, 5) is 35.2. The Kier molecular flexibility index (Phi) is 5.77. The Balaban J connectivity index is 2.21. The van der Waals surface area contributed by atoms with Crippen LogP contribution in [0.4, 0.5) is 0 Å². The quantitative estimate of drug-likeness (QED) is 0.610. The van der Waals surface area contributed by atoms with Gasteiger partial charge in [0.1, 0.15) is 0 Å². The zero-order valence-electron chi connectivity index (χ0n) is 10.6. The smallest absolute Gasteiger partial charge is 0.229 e. The molecule has 1 aliphatic heterocycles. The molecule has 6 nitrogen and oxygen atoms in total. The number of aliphatic hydroxyl groups is 1. The van der Waals surface area contributed by atoms with E-state index in [0.29, 0.717) is 13.0 Å². The number of rotatable bonds is 7. The lowest BCUT2D eigenvalue weighted by atomic mass is 10.1. The van der Waals surface area contributed by atoms with Crippen LogP contribution < -0.4 is 5.32 Å². The van der Waals surface area contributed by atoms with E-state index in [4.69, 9.17) is 5.11 Å². The topological polar surface area (TPSA) is 86.7 Å². The molecule has 1 unspecified atom stereocenters. The lowest BCUT2D eigenvalue weighted by Crippen LogP contribution is -2.35. The fourth-order valence-corrected chi connectivity index (χ4v) is 1.78. The van der Waals surface area contributed by atoms with Crippen molar-refractivity contribution in [3.8, 4) is 0 Å². The maximum atomic E-state index is 11.5.